The molecule has 0 aliphatic carbocycles. The van der Waals surface area contributed by atoms with Crippen molar-refractivity contribution in [2.24, 2.45) is 9.98 Å². The van der Waals surface area contributed by atoms with Crippen molar-refractivity contribution in [2.45, 2.75) is 6.54 Å². The van der Waals surface area contributed by atoms with Crippen LogP contribution in [-0.2, 0) is 11.3 Å². The predicted octanol–water partition coefficient (Wildman–Crippen LogP) is 8.04. The van der Waals surface area contributed by atoms with Crippen molar-refractivity contribution in [2.75, 3.05) is 26.3 Å². The van der Waals surface area contributed by atoms with Gasteiger partial charge >= 0.3 is 7.40 Å². The lowest BCUT2D eigenvalue weighted by molar-refractivity contribution is 0.0342. The number of benzene rings is 4. The molecule has 0 amide bonds. The molecule has 0 radical (unpaired) electrons. The second-order valence-electron chi connectivity index (χ2n) is 11.1. The molecule has 8 heteroatoms. The van der Waals surface area contributed by atoms with Crippen molar-refractivity contribution in [1.82, 2.24) is 9.38 Å². The molecule has 0 atom stereocenters. The second kappa shape index (κ2) is 13.0. The van der Waals surface area contributed by atoms with Gasteiger partial charge in [-0.3, -0.25) is 13.5 Å². The van der Waals surface area contributed by atoms with Crippen LogP contribution in [0.25, 0.3) is 28.0 Å². The van der Waals surface area contributed by atoms with Crippen molar-refractivity contribution in [1.29, 1.82) is 0 Å². The Kier molecular flexibility index (Phi) is 8.32. The number of aromatic nitrogens is 1. The van der Waals surface area contributed by atoms with E-state index < -0.39 is 7.40 Å². The van der Waals surface area contributed by atoms with Crippen LogP contribution in [0, 0.1) is 0 Å². The number of hydrogen-bond donors (Lipinski definition) is 0. The molecule has 0 N–H and O–H groups in total. The fourth-order valence-electron chi connectivity index (χ4n) is 5.86. The zero-order valence-electron chi connectivity index (χ0n) is 24.7. The van der Waals surface area contributed by atoms with Gasteiger partial charge in [0.25, 0.3) is 0 Å². The molecule has 1 aromatic heterocycles. The Morgan fingerprint density at radius 3 is 1.93 bits per heavy atom. The van der Waals surface area contributed by atoms with Gasteiger partial charge in [0.05, 0.1) is 18.9 Å². The average Bonchev–Trinajstić information content (AvgIpc) is 3.69. The topological polar surface area (TPSA) is 42.1 Å². The number of allylic oxidation sites excluding steroid dienone is 1. The number of ether oxygens (including phenoxy) is 1. The Bertz CT molecular complexity index is 1860. The van der Waals surface area contributed by atoms with Crippen LogP contribution in [0.15, 0.2) is 137 Å². The molecular weight excluding hydrogens is 565 g/mol. The summed E-state index contributed by atoms with van der Waals surface area (Å²) < 4.78 is 36.5. The summed E-state index contributed by atoms with van der Waals surface area (Å²) in [5.74, 6) is 0.560. The van der Waals surface area contributed by atoms with E-state index in [0.29, 0.717) is 22.7 Å². The number of amidine groups is 1. The third-order valence-corrected chi connectivity index (χ3v) is 8.16. The Hall–Kier alpha value is -4.92. The maximum Gasteiger partial charge on any atom is 0.679 e. The van der Waals surface area contributed by atoms with Crippen molar-refractivity contribution in [3.05, 3.63) is 144 Å². The largest absolute Gasteiger partial charge is 0.679 e. The van der Waals surface area contributed by atoms with Crippen LogP contribution in [0.5, 0.6) is 0 Å². The van der Waals surface area contributed by atoms with Crippen LogP contribution in [0.2, 0.25) is 0 Å². The predicted molar refractivity (Wildman–Crippen MR) is 179 cm³/mol. The summed E-state index contributed by atoms with van der Waals surface area (Å²) in [5, 5.41) is 0. The third-order valence-electron chi connectivity index (χ3n) is 8.16. The monoisotopic (exact) mass is 596 g/mol. The van der Waals surface area contributed by atoms with Gasteiger partial charge in [0.1, 0.15) is 5.82 Å². The maximum atomic E-state index is 15.0. The summed E-state index contributed by atoms with van der Waals surface area (Å²) in [6.45, 7) is 4.18. The van der Waals surface area contributed by atoms with Gasteiger partial charge in [0.15, 0.2) is 5.84 Å². The zero-order chi connectivity index (χ0) is 30.6. The highest BCUT2D eigenvalue weighted by Crippen LogP contribution is 2.40. The quantitative estimate of drug-likeness (QED) is 0.170. The summed E-state index contributed by atoms with van der Waals surface area (Å²) in [4.78, 5) is 12.3. The molecule has 5 aromatic rings. The summed E-state index contributed by atoms with van der Waals surface area (Å²) in [5.41, 5.74) is 7.08. The zero-order valence-corrected chi connectivity index (χ0v) is 24.7. The Labute approximate surface area is 262 Å². The lowest BCUT2D eigenvalue weighted by atomic mass is 10.0. The molecule has 222 valence electrons. The second-order valence-corrected chi connectivity index (χ2v) is 11.1. The smallest absolute Gasteiger partial charge is 0.379 e. The number of morpholine rings is 1. The summed E-state index contributed by atoms with van der Waals surface area (Å²) in [6, 6.07) is 38.8. The van der Waals surface area contributed by atoms with Crippen molar-refractivity contribution in [3.8, 4) is 22.4 Å². The van der Waals surface area contributed by atoms with Crippen LogP contribution < -0.4 is 0 Å². The van der Waals surface area contributed by atoms with Crippen molar-refractivity contribution in [3.63, 3.8) is 0 Å². The van der Waals surface area contributed by atoms with Gasteiger partial charge in [0.2, 0.25) is 0 Å². The van der Waals surface area contributed by atoms with Crippen molar-refractivity contribution >= 4 is 30.3 Å². The van der Waals surface area contributed by atoms with E-state index in [4.69, 9.17) is 14.7 Å². The van der Waals surface area contributed by atoms with E-state index in [1.54, 1.807) is 6.07 Å². The van der Waals surface area contributed by atoms with Gasteiger partial charge < -0.3 is 9.21 Å². The summed E-state index contributed by atoms with van der Waals surface area (Å²) in [7, 11) is -2.82. The molecule has 5 nitrogen and oxygen atoms in total. The molecule has 45 heavy (non-hydrogen) atoms. The van der Waals surface area contributed by atoms with Gasteiger partial charge in [0, 0.05) is 42.0 Å². The summed E-state index contributed by atoms with van der Waals surface area (Å²) in [6.07, 6.45) is 2.00. The van der Waals surface area contributed by atoms with Crippen LogP contribution in [0.3, 0.4) is 0 Å². The summed E-state index contributed by atoms with van der Waals surface area (Å²) >= 11 is 0. The van der Waals surface area contributed by atoms with Crippen LogP contribution in [0.1, 0.15) is 16.7 Å². The Balaban J connectivity index is 1.36. The lowest BCUT2D eigenvalue weighted by Crippen LogP contribution is -2.35. The first-order valence-electron chi connectivity index (χ1n) is 15.1. The molecule has 1 fully saturated rings. The van der Waals surface area contributed by atoms with E-state index in [1.165, 1.54) is 5.56 Å². The number of halogens is 2. The van der Waals surface area contributed by atoms with Gasteiger partial charge in [-0.2, -0.15) is 0 Å². The van der Waals surface area contributed by atoms with E-state index in [2.05, 4.69) is 29.2 Å². The molecule has 4 aromatic carbocycles. The fraction of sp³-hybridized carbons (Fsp3) is 0.135. The molecular formula is C37H31BF2N4O. The van der Waals surface area contributed by atoms with E-state index in [0.717, 1.165) is 65.3 Å². The lowest BCUT2D eigenvalue weighted by Gasteiger charge is -2.26. The molecule has 0 unspecified atom stereocenters. The van der Waals surface area contributed by atoms with Crippen molar-refractivity contribution < 1.29 is 13.4 Å². The van der Waals surface area contributed by atoms with Gasteiger partial charge in [-0.05, 0) is 34.4 Å². The highest BCUT2D eigenvalue weighted by molar-refractivity contribution is 6.43. The van der Waals surface area contributed by atoms with E-state index >= 15 is 8.63 Å². The number of aliphatic imine (C=N–C) groups is 2. The van der Waals surface area contributed by atoms with Gasteiger partial charge in [-0.1, -0.05) is 115 Å². The maximum absolute atomic E-state index is 15.0. The molecule has 0 spiro atoms. The van der Waals surface area contributed by atoms with E-state index in [9.17, 15) is 0 Å². The molecule has 0 saturated carbocycles. The molecule has 2 aliphatic heterocycles. The van der Waals surface area contributed by atoms with Gasteiger partial charge in [-0.25, -0.2) is 9.98 Å². The van der Waals surface area contributed by atoms with Gasteiger partial charge in [-0.15, -0.1) is 0 Å². The molecule has 7 rings (SSSR count). The Morgan fingerprint density at radius 2 is 1.31 bits per heavy atom. The minimum Gasteiger partial charge on any atom is -0.379 e. The number of rotatable bonds is 8. The standard InChI is InChI=1S/C37H31BF2N4O/c39-38(40)44-35(31-14-8-3-9-15-31)25-33(28-10-4-1-5-11-28)37(44)42-36-32(24-34(41-36)30-12-6-2-7-13-30)29-18-16-27(17-19-29)26-43-20-22-45-23-21-43/h1-19,24-25H,20-23,26H2/b42-36-. The van der Waals surface area contributed by atoms with E-state index in [1.807, 2.05) is 97.1 Å². The molecule has 2 aliphatic rings. The highest BCUT2D eigenvalue weighted by atomic mass is 19.2. The minimum absolute atomic E-state index is 0.165. The normalized spacial score (nSPS) is 16.1. The molecule has 0 bridgehead atoms. The third kappa shape index (κ3) is 6.20. The molecule has 3 heterocycles. The first-order valence-corrected chi connectivity index (χ1v) is 15.1. The SMILES string of the molecule is FB(F)n1c(-c2ccccc2)cc(-c2ccccc2)c1/N=C1\N=C(c2ccccc2)C=C1c1ccc(CN2CCOCC2)cc1. The fourth-order valence-corrected chi connectivity index (χ4v) is 5.86. The first kappa shape index (κ1) is 28.8. The first-order chi connectivity index (χ1) is 22.1. The van der Waals surface area contributed by atoms with Crippen LogP contribution in [0.4, 0.5) is 14.4 Å². The minimum atomic E-state index is -2.82. The van der Waals surface area contributed by atoms with Crippen LogP contribution in [-0.4, -0.2) is 54.6 Å². The average molecular weight is 596 g/mol. The number of hydrogen-bond acceptors (Lipinski definition) is 3. The molecule has 1 saturated heterocycles. The Morgan fingerprint density at radius 1 is 0.711 bits per heavy atom. The highest BCUT2D eigenvalue weighted by Gasteiger charge is 2.29. The number of nitrogens with zero attached hydrogens (tertiary/aromatic N) is 4. The van der Waals surface area contributed by atoms with E-state index in [-0.39, 0.29) is 5.82 Å². The van der Waals surface area contributed by atoms with Crippen LogP contribution >= 0.6 is 0 Å².